The number of aliphatic hydroxyl groups is 1. The van der Waals surface area contributed by atoms with E-state index in [9.17, 15) is 14.2 Å². The maximum atomic E-state index is 11.0. The Morgan fingerprint density at radius 3 is 1.69 bits per heavy atom. The molecule has 1 rings (SSSR count). The van der Waals surface area contributed by atoms with Crippen molar-refractivity contribution in [2.75, 3.05) is 0 Å². The van der Waals surface area contributed by atoms with Gasteiger partial charge in [0.2, 0.25) is 0 Å². The molecule has 7 nitrogen and oxygen atoms in total. The summed E-state index contributed by atoms with van der Waals surface area (Å²) in [6.45, 7) is 0. The normalized spacial score (nSPS) is 18.9. The zero-order valence-electron chi connectivity index (χ0n) is 8.35. The van der Waals surface area contributed by atoms with Crippen LogP contribution in [-0.2, 0) is 9.13 Å². The second-order valence-corrected chi connectivity index (χ2v) is 7.68. The molecule has 1 saturated carbocycles. The molecule has 9 heteroatoms. The number of hydrogen-bond acceptors (Lipinski definition) is 3. The van der Waals surface area contributed by atoms with Crippen molar-refractivity contribution in [3.05, 3.63) is 11.6 Å². The van der Waals surface area contributed by atoms with E-state index >= 15 is 0 Å². The number of hydrogen-bond donors (Lipinski definition) is 5. The van der Waals surface area contributed by atoms with Gasteiger partial charge in [-0.05, 0) is 31.8 Å². The first-order chi connectivity index (χ1) is 7.08. The highest BCUT2D eigenvalue weighted by atomic mass is 31.2. The van der Waals surface area contributed by atoms with Crippen LogP contribution in [0.1, 0.15) is 25.7 Å². The molecule has 0 heterocycles. The summed E-state index contributed by atoms with van der Waals surface area (Å²) in [7, 11) is -10.7. The molecule has 0 aromatic carbocycles. The fraction of sp³-hybridized carbons (Fsp3) is 0.714. The lowest BCUT2D eigenvalue weighted by molar-refractivity contribution is 0.167. The topological polar surface area (TPSA) is 135 Å². The molecule has 1 fully saturated rings. The van der Waals surface area contributed by atoms with Gasteiger partial charge < -0.3 is 24.7 Å². The summed E-state index contributed by atoms with van der Waals surface area (Å²) < 4.78 is 22.0. The number of allylic oxidation sites excluding steroid dienone is 1. The van der Waals surface area contributed by atoms with Crippen molar-refractivity contribution in [3.63, 3.8) is 0 Å². The van der Waals surface area contributed by atoms with Gasteiger partial charge in [0.05, 0.1) is 0 Å². The van der Waals surface area contributed by atoms with Gasteiger partial charge in [-0.3, -0.25) is 9.13 Å². The van der Waals surface area contributed by atoms with Crippen molar-refractivity contribution in [2.45, 2.75) is 30.8 Å². The van der Waals surface area contributed by atoms with Gasteiger partial charge in [0.25, 0.3) is 5.08 Å². The van der Waals surface area contributed by atoms with Crippen LogP contribution in [0.15, 0.2) is 11.6 Å². The van der Waals surface area contributed by atoms with E-state index in [1.54, 1.807) is 0 Å². The van der Waals surface area contributed by atoms with Crippen LogP contribution in [0.3, 0.4) is 0 Å². The van der Waals surface area contributed by atoms with Crippen LogP contribution >= 0.6 is 15.2 Å². The highest BCUT2D eigenvalue weighted by Gasteiger charge is 2.58. The van der Waals surface area contributed by atoms with Gasteiger partial charge in [-0.15, -0.1) is 0 Å². The van der Waals surface area contributed by atoms with Crippen LogP contribution in [0.4, 0.5) is 0 Å². The summed E-state index contributed by atoms with van der Waals surface area (Å²) >= 11 is 0. The molecule has 94 valence electrons. The minimum Gasteiger partial charge on any atom is -0.364 e. The Hall–Kier alpha value is -0.0000000000000000971. The Morgan fingerprint density at radius 2 is 1.38 bits per heavy atom. The highest BCUT2D eigenvalue weighted by molar-refractivity contribution is 7.72. The molecule has 0 bridgehead atoms. The third kappa shape index (κ3) is 2.63. The van der Waals surface area contributed by atoms with Crippen LogP contribution in [0.5, 0.6) is 0 Å². The van der Waals surface area contributed by atoms with Gasteiger partial charge in [0.1, 0.15) is 0 Å². The van der Waals surface area contributed by atoms with Crippen molar-refractivity contribution in [1.29, 1.82) is 0 Å². The first kappa shape index (κ1) is 14.1. The molecule has 1 aliphatic carbocycles. The molecule has 5 N–H and O–H groups in total. The molecule has 16 heavy (non-hydrogen) atoms. The molecular weight excluding hydrogens is 258 g/mol. The second kappa shape index (κ2) is 4.35. The summed E-state index contributed by atoms with van der Waals surface area (Å²) in [4.78, 5) is 35.4. The van der Waals surface area contributed by atoms with E-state index in [1.807, 2.05) is 0 Å². The zero-order chi connectivity index (χ0) is 12.6. The first-order valence-electron chi connectivity index (χ1n) is 4.62. The van der Waals surface area contributed by atoms with Crippen LogP contribution in [0.25, 0.3) is 0 Å². The average molecular weight is 272 g/mol. The fourth-order valence-corrected chi connectivity index (χ4v) is 3.64. The lowest BCUT2D eigenvalue weighted by Gasteiger charge is -2.26. The molecule has 0 radical (unpaired) electrons. The standard InChI is InChI=1S/C7H14O7P2/c8-7(15(9,10)11,16(12,13)14)5-6-3-1-2-4-6/h5,8H,1-4H2,(H2,9,10,11)(H2,12,13,14). The van der Waals surface area contributed by atoms with Gasteiger partial charge in [-0.1, -0.05) is 5.57 Å². The third-order valence-corrected chi connectivity index (χ3v) is 6.04. The molecule has 0 aromatic heterocycles. The van der Waals surface area contributed by atoms with Crippen molar-refractivity contribution >= 4 is 15.2 Å². The van der Waals surface area contributed by atoms with E-state index in [4.69, 9.17) is 19.6 Å². The van der Waals surface area contributed by atoms with Gasteiger partial charge >= 0.3 is 15.2 Å². The smallest absolute Gasteiger partial charge is 0.364 e. The van der Waals surface area contributed by atoms with Gasteiger partial charge in [-0.2, -0.15) is 0 Å². The Bertz CT molecular complexity index is 360. The van der Waals surface area contributed by atoms with Gasteiger partial charge in [0, 0.05) is 0 Å². The fourth-order valence-electron chi connectivity index (χ4n) is 1.59. The van der Waals surface area contributed by atoms with Gasteiger partial charge in [0.15, 0.2) is 0 Å². The summed E-state index contributed by atoms with van der Waals surface area (Å²) in [5, 5.41) is 6.15. The predicted molar refractivity (Wildman–Crippen MR) is 55.6 cm³/mol. The van der Waals surface area contributed by atoms with Crippen molar-refractivity contribution in [2.24, 2.45) is 0 Å². The quantitative estimate of drug-likeness (QED) is 0.372. The van der Waals surface area contributed by atoms with Crippen molar-refractivity contribution in [1.82, 2.24) is 0 Å². The molecular formula is C7H14O7P2. The predicted octanol–water partition coefficient (Wildman–Crippen LogP) is 0.488. The summed E-state index contributed by atoms with van der Waals surface area (Å²) in [5.41, 5.74) is 0.467. The molecule has 0 spiro atoms. The van der Waals surface area contributed by atoms with E-state index in [0.717, 1.165) is 12.8 Å². The molecule has 0 saturated heterocycles. The Labute approximate surface area is 92.1 Å². The summed E-state index contributed by atoms with van der Waals surface area (Å²) in [5.74, 6) is 0. The van der Waals surface area contributed by atoms with Crippen LogP contribution in [0.2, 0.25) is 0 Å². The molecule has 0 atom stereocenters. The average Bonchev–Trinajstić information content (AvgIpc) is 2.52. The largest absolute Gasteiger partial charge is 0.373 e. The van der Waals surface area contributed by atoms with E-state index in [-0.39, 0.29) is 0 Å². The maximum absolute atomic E-state index is 11.0. The molecule has 0 aliphatic heterocycles. The molecule has 1 aliphatic rings. The molecule has 0 amide bonds. The van der Waals surface area contributed by atoms with Crippen LogP contribution in [0, 0.1) is 0 Å². The minimum absolute atomic E-state index is 0.467. The Balaban J connectivity index is 3.21. The third-order valence-electron chi connectivity index (χ3n) is 2.50. The first-order valence-corrected chi connectivity index (χ1v) is 7.85. The van der Waals surface area contributed by atoms with E-state index in [1.165, 1.54) is 0 Å². The van der Waals surface area contributed by atoms with Crippen molar-refractivity contribution in [3.8, 4) is 0 Å². The highest BCUT2D eigenvalue weighted by Crippen LogP contribution is 2.68. The Kier molecular flexibility index (Phi) is 3.82. The summed E-state index contributed by atoms with van der Waals surface area (Å²) in [6.07, 6.45) is 3.18. The lowest BCUT2D eigenvalue weighted by atomic mass is 10.2. The maximum Gasteiger partial charge on any atom is 0.373 e. The molecule has 0 unspecified atom stereocenters. The van der Waals surface area contributed by atoms with Crippen LogP contribution in [-0.4, -0.2) is 29.8 Å². The van der Waals surface area contributed by atoms with E-state index in [2.05, 4.69) is 0 Å². The van der Waals surface area contributed by atoms with Crippen molar-refractivity contribution < 1.29 is 33.8 Å². The SMILES string of the molecule is O=P(O)(O)C(O)(C=C1CCCC1)P(=O)(O)O. The lowest BCUT2D eigenvalue weighted by Crippen LogP contribution is -2.26. The molecule has 0 aromatic rings. The Morgan fingerprint density at radius 1 is 1.00 bits per heavy atom. The van der Waals surface area contributed by atoms with E-state index < -0.39 is 20.3 Å². The van der Waals surface area contributed by atoms with E-state index in [0.29, 0.717) is 24.5 Å². The summed E-state index contributed by atoms with van der Waals surface area (Å²) in [6, 6.07) is 0. The minimum atomic E-state index is -5.35. The monoisotopic (exact) mass is 272 g/mol. The van der Waals surface area contributed by atoms with Gasteiger partial charge in [-0.25, -0.2) is 0 Å². The zero-order valence-corrected chi connectivity index (χ0v) is 10.1. The second-order valence-electron chi connectivity index (χ2n) is 3.79. The number of rotatable bonds is 3. The van der Waals surface area contributed by atoms with Crippen LogP contribution < -0.4 is 0 Å².